The molecule has 1 saturated carbocycles. The fraction of sp³-hybridized carbons (Fsp3) is 1.00. The smallest absolute Gasteiger partial charge is 0.00447 e. The van der Waals surface area contributed by atoms with Crippen molar-refractivity contribution >= 4 is 0 Å². The third-order valence-electron chi connectivity index (χ3n) is 3.23. The van der Waals surface area contributed by atoms with Gasteiger partial charge in [0.15, 0.2) is 0 Å². The van der Waals surface area contributed by atoms with E-state index in [1.54, 1.807) is 0 Å². The standard InChI is InChI=1S/C9H17N/c1-8-6-9(7-10-8)4-2-3-5-9/h8,10H,2-7H2,1H3. The van der Waals surface area contributed by atoms with Crippen LogP contribution in [0.25, 0.3) is 0 Å². The maximum atomic E-state index is 3.55. The highest BCUT2D eigenvalue weighted by Crippen LogP contribution is 2.44. The van der Waals surface area contributed by atoms with E-state index in [1.807, 2.05) is 0 Å². The van der Waals surface area contributed by atoms with Crippen molar-refractivity contribution in [2.45, 2.75) is 45.1 Å². The maximum Gasteiger partial charge on any atom is 0.00447 e. The van der Waals surface area contributed by atoms with Crippen LogP contribution in [-0.4, -0.2) is 12.6 Å². The van der Waals surface area contributed by atoms with Gasteiger partial charge in [0.05, 0.1) is 0 Å². The Labute approximate surface area is 63.2 Å². The van der Waals surface area contributed by atoms with Crippen LogP contribution in [0.1, 0.15) is 39.0 Å². The van der Waals surface area contributed by atoms with Crippen molar-refractivity contribution in [1.29, 1.82) is 0 Å². The molecule has 1 heterocycles. The Morgan fingerprint density at radius 1 is 1.30 bits per heavy atom. The van der Waals surface area contributed by atoms with Crippen molar-refractivity contribution in [2.75, 3.05) is 6.54 Å². The molecule has 2 aliphatic rings. The topological polar surface area (TPSA) is 12.0 Å². The highest BCUT2D eigenvalue weighted by atomic mass is 15.0. The van der Waals surface area contributed by atoms with E-state index < -0.39 is 0 Å². The van der Waals surface area contributed by atoms with Gasteiger partial charge in [-0.25, -0.2) is 0 Å². The summed E-state index contributed by atoms with van der Waals surface area (Å²) in [6, 6.07) is 0.790. The van der Waals surface area contributed by atoms with Gasteiger partial charge < -0.3 is 5.32 Å². The fourth-order valence-electron chi connectivity index (χ4n) is 2.69. The lowest BCUT2D eigenvalue weighted by molar-refractivity contribution is 0.330. The molecule has 1 N–H and O–H groups in total. The molecule has 1 heteroatoms. The molecule has 0 aromatic rings. The van der Waals surface area contributed by atoms with Crippen LogP contribution in [0.5, 0.6) is 0 Å². The van der Waals surface area contributed by atoms with Crippen LogP contribution in [-0.2, 0) is 0 Å². The van der Waals surface area contributed by atoms with E-state index in [0.29, 0.717) is 0 Å². The Kier molecular flexibility index (Phi) is 1.48. The Balaban J connectivity index is 2.03. The summed E-state index contributed by atoms with van der Waals surface area (Å²) in [5.41, 5.74) is 0.749. The van der Waals surface area contributed by atoms with E-state index in [-0.39, 0.29) is 0 Å². The Morgan fingerprint density at radius 2 is 2.00 bits per heavy atom. The molecule has 0 radical (unpaired) electrons. The van der Waals surface area contributed by atoms with Crippen LogP contribution < -0.4 is 5.32 Å². The minimum absolute atomic E-state index is 0.749. The van der Waals surface area contributed by atoms with E-state index in [4.69, 9.17) is 0 Å². The zero-order valence-electron chi connectivity index (χ0n) is 6.82. The van der Waals surface area contributed by atoms with E-state index in [1.165, 1.54) is 38.6 Å². The summed E-state index contributed by atoms with van der Waals surface area (Å²) in [6.07, 6.45) is 7.38. The zero-order chi connectivity index (χ0) is 7.03. The molecule has 1 nitrogen and oxygen atoms in total. The van der Waals surface area contributed by atoms with Crippen LogP contribution in [0.2, 0.25) is 0 Å². The monoisotopic (exact) mass is 139 g/mol. The van der Waals surface area contributed by atoms with Crippen molar-refractivity contribution in [3.8, 4) is 0 Å². The highest BCUT2D eigenvalue weighted by Gasteiger charge is 2.38. The number of rotatable bonds is 0. The van der Waals surface area contributed by atoms with Crippen molar-refractivity contribution < 1.29 is 0 Å². The summed E-state index contributed by atoms with van der Waals surface area (Å²) < 4.78 is 0. The molecular weight excluding hydrogens is 122 g/mol. The summed E-state index contributed by atoms with van der Waals surface area (Å²) in [6.45, 7) is 3.61. The second-order valence-corrected chi connectivity index (χ2v) is 4.19. The van der Waals surface area contributed by atoms with Gasteiger partial charge in [0.25, 0.3) is 0 Å². The van der Waals surface area contributed by atoms with Gasteiger partial charge in [0.2, 0.25) is 0 Å². The quantitative estimate of drug-likeness (QED) is 0.540. The Morgan fingerprint density at radius 3 is 2.50 bits per heavy atom. The third-order valence-corrected chi connectivity index (χ3v) is 3.23. The Hall–Kier alpha value is -0.0400. The van der Waals surface area contributed by atoms with Gasteiger partial charge in [-0.15, -0.1) is 0 Å². The second-order valence-electron chi connectivity index (χ2n) is 4.19. The van der Waals surface area contributed by atoms with Crippen LogP contribution in [0.15, 0.2) is 0 Å². The zero-order valence-corrected chi connectivity index (χ0v) is 6.82. The normalized spacial score (nSPS) is 37.5. The first-order valence-corrected chi connectivity index (χ1v) is 4.54. The molecule has 0 bridgehead atoms. The predicted octanol–water partition coefficient (Wildman–Crippen LogP) is 1.93. The van der Waals surface area contributed by atoms with Gasteiger partial charge in [-0.1, -0.05) is 12.8 Å². The van der Waals surface area contributed by atoms with Gasteiger partial charge in [0.1, 0.15) is 0 Å². The molecule has 1 aliphatic heterocycles. The number of nitrogens with one attached hydrogen (secondary N) is 1. The maximum absolute atomic E-state index is 3.55. The predicted molar refractivity (Wildman–Crippen MR) is 43.0 cm³/mol. The van der Waals surface area contributed by atoms with E-state index in [9.17, 15) is 0 Å². The lowest BCUT2D eigenvalue weighted by atomic mass is 9.84. The van der Waals surface area contributed by atoms with Gasteiger partial charge in [-0.2, -0.15) is 0 Å². The molecule has 2 rings (SSSR count). The Bertz CT molecular complexity index is 125. The summed E-state index contributed by atoms with van der Waals surface area (Å²) in [5, 5.41) is 3.55. The fourth-order valence-corrected chi connectivity index (χ4v) is 2.69. The van der Waals surface area contributed by atoms with Crippen LogP contribution >= 0.6 is 0 Å². The molecule has 2 fully saturated rings. The summed E-state index contributed by atoms with van der Waals surface area (Å²) in [5.74, 6) is 0. The van der Waals surface area contributed by atoms with E-state index >= 15 is 0 Å². The van der Waals surface area contributed by atoms with E-state index in [0.717, 1.165) is 11.5 Å². The van der Waals surface area contributed by atoms with Gasteiger partial charge in [-0.3, -0.25) is 0 Å². The molecule has 1 atom stereocenters. The van der Waals surface area contributed by atoms with Crippen molar-refractivity contribution in [3.05, 3.63) is 0 Å². The molecule has 1 saturated heterocycles. The molecule has 10 heavy (non-hydrogen) atoms. The molecule has 1 unspecified atom stereocenters. The second kappa shape index (κ2) is 2.23. The molecule has 1 spiro atoms. The summed E-state index contributed by atoms with van der Waals surface area (Å²) in [7, 11) is 0. The summed E-state index contributed by atoms with van der Waals surface area (Å²) in [4.78, 5) is 0. The van der Waals surface area contributed by atoms with Gasteiger partial charge in [-0.05, 0) is 31.6 Å². The van der Waals surface area contributed by atoms with Crippen molar-refractivity contribution in [3.63, 3.8) is 0 Å². The average molecular weight is 139 g/mol. The minimum Gasteiger partial charge on any atom is -0.314 e. The van der Waals surface area contributed by atoms with Crippen LogP contribution in [0, 0.1) is 5.41 Å². The molecule has 1 aliphatic carbocycles. The summed E-state index contributed by atoms with van der Waals surface area (Å²) >= 11 is 0. The molecule has 0 aromatic heterocycles. The molecular formula is C9H17N. The molecule has 0 aromatic carbocycles. The average Bonchev–Trinajstić information content (AvgIpc) is 2.46. The van der Waals surface area contributed by atoms with Gasteiger partial charge >= 0.3 is 0 Å². The number of hydrogen-bond donors (Lipinski definition) is 1. The van der Waals surface area contributed by atoms with Crippen molar-refractivity contribution in [2.24, 2.45) is 5.41 Å². The first-order valence-electron chi connectivity index (χ1n) is 4.54. The first-order chi connectivity index (χ1) is 4.81. The molecule has 58 valence electrons. The van der Waals surface area contributed by atoms with E-state index in [2.05, 4.69) is 12.2 Å². The van der Waals surface area contributed by atoms with Gasteiger partial charge in [0, 0.05) is 12.6 Å². The van der Waals surface area contributed by atoms with Crippen molar-refractivity contribution in [1.82, 2.24) is 5.32 Å². The lowest BCUT2D eigenvalue weighted by Gasteiger charge is -2.20. The highest BCUT2D eigenvalue weighted by molar-refractivity contribution is 4.94. The number of hydrogen-bond acceptors (Lipinski definition) is 1. The first kappa shape index (κ1) is 6.66. The largest absolute Gasteiger partial charge is 0.314 e. The SMILES string of the molecule is CC1CC2(CCCC2)CN1. The van der Waals surface area contributed by atoms with Crippen LogP contribution in [0.4, 0.5) is 0 Å². The third kappa shape index (κ3) is 0.968. The lowest BCUT2D eigenvalue weighted by Crippen LogP contribution is -2.20. The minimum atomic E-state index is 0.749. The van der Waals surface area contributed by atoms with Crippen LogP contribution in [0.3, 0.4) is 0 Å². The molecule has 0 amide bonds.